The Kier molecular flexibility index (Phi) is 3.22. The summed E-state index contributed by atoms with van der Waals surface area (Å²) < 4.78 is 0. The van der Waals surface area contributed by atoms with Gasteiger partial charge in [-0.1, -0.05) is 0 Å². The first-order valence-electron chi connectivity index (χ1n) is 5.91. The average Bonchev–Trinajstić information content (AvgIpc) is 2.29. The molecule has 3 heteroatoms. The van der Waals surface area contributed by atoms with Crippen LogP contribution in [0.25, 0.3) is 0 Å². The maximum absolute atomic E-state index is 11.0. The molecule has 0 bridgehead atoms. The minimum Gasteiger partial charge on any atom is -0.365 e. The average molecular weight is 218 g/mol. The van der Waals surface area contributed by atoms with Gasteiger partial charge in [0, 0.05) is 24.5 Å². The second kappa shape index (κ2) is 4.64. The van der Waals surface area contributed by atoms with Crippen LogP contribution >= 0.6 is 0 Å². The normalized spacial score (nSPS) is 25.5. The van der Waals surface area contributed by atoms with Gasteiger partial charge >= 0.3 is 0 Å². The lowest BCUT2D eigenvalue weighted by atomic mass is 9.96. The predicted octanol–water partition coefficient (Wildman–Crippen LogP) is 2.66. The zero-order chi connectivity index (χ0) is 11.5. The number of piperidine rings is 1. The summed E-state index contributed by atoms with van der Waals surface area (Å²) in [6.07, 6.45) is 7.99. The lowest BCUT2D eigenvalue weighted by molar-refractivity contribution is 0.112. The van der Waals surface area contributed by atoms with E-state index in [2.05, 4.69) is 23.7 Å². The second-order valence-electron chi connectivity index (χ2n) is 4.59. The Labute approximate surface area is 96.5 Å². The molecule has 0 N–H and O–H groups in total. The van der Waals surface area contributed by atoms with Crippen LogP contribution in [0.1, 0.15) is 43.5 Å². The van der Waals surface area contributed by atoms with Gasteiger partial charge < -0.3 is 4.90 Å². The molecule has 1 aliphatic rings. The highest BCUT2D eigenvalue weighted by molar-refractivity contribution is 5.84. The molecule has 0 radical (unpaired) electrons. The van der Waals surface area contributed by atoms with E-state index in [1.165, 1.54) is 19.3 Å². The van der Waals surface area contributed by atoms with Crippen LogP contribution in [-0.2, 0) is 0 Å². The van der Waals surface area contributed by atoms with Crippen LogP contribution in [0.2, 0.25) is 0 Å². The highest BCUT2D eigenvalue weighted by atomic mass is 16.1. The van der Waals surface area contributed by atoms with E-state index < -0.39 is 0 Å². The van der Waals surface area contributed by atoms with Crippen molar-refractivity contribution in [1.29, 1.82) is 0 Å². The standard InChI is InChI=1S/C13H18N2O/c1-10-4-3-5-11(2)15(10)13-6-7-14-8-12(13)9-16/h6-11H,3-5H2,1-2H3. The van der Waals surface area contributed by atoms with Gasteiger partial charge in [0.05, 0.1) is 11.3 Å². The molecule has 0 amide bonds. The van der Waals surface area contributed by atoms with Crippen LogP contribution in [-0.4, -0.2) is 23.4 Å². The maximum atomic E-state index is 11.0. The van der Waals surface area contributed by atoms with Gasteiger partial charge in [-0.15, -0.1) is 0 Å². The number of rotatable bonds is 2. The van der Waals surface area contributed by atoms with Gasteiger partial charge in [0.1, 0.15) is 0 Å². The summed E-state index contributed by atoms with van der Waals surface area (Å²) in [5.74, 6) is 0. The van der Waals surface area contributed by atoms with E-state index in [0.717, 1.165) is 12.0 Å². The minimum absolute atomic E-state index is 0.504. The van der Waals surface area contributed by atoms with Crippen molar-refractivity contribution in [2.24, 2.45) is 0 Å². The first-order valence-corrected chi connectivity index (χ1v) is 5.91. The van der Waals surface area contributed by atoms with Crippen molar-refractivity contribution >= 4 is 12.0 Å². The third-order valence-corrected chi connectivity index (χ3v) is 3.43. The SMILES string of the molecule is CC1CCCC(C)N1c1ccncc1C=O. The fourth-order valence-electron chi connectivity index (χ4n) is 2.62. The summed E-state index contributed by atoms with van der Waals surface area (Å²) in [4.78, 5) is 17.4. The Morgan fingerprint density at radius 3 is 2.69 bits per heavy atom. The number of pyridine rings is 1. The molecule has 1 aromatic rings. The fourth-order valence-corrected chi connectivity index (χ4v) is 2.62. The minimum atomic E-state index is 0.504. The van der Waals surface area contributed by atoms with Crippen molar-refractivity contribution in [1.82, 2.24) is 4.98 Å². The topological polar surface area (TPSA) is 33.2 Å². The van der Waals surface area contributed by atoms with Gasteiger partial charge in [-0.2, -0.15) is 0 Å². The molecular weight excluding hydrogens is 200 g/mol. The Bertz CT molecular complexity index is 368. The first kappa shape index (κ1) is 11.1. The molecule has 1 saturated heterocycles. The van der Waals surface area contributed by atoms with Crippen LogP contribution < -0.4 is 4.90 Å². The van der Waals surface area contributed by atoms with Crippen LogP contribution in [0.3, 0.4) is 0 Å². The number of carbonyl (C=O) groups is 1. The zero-order valence-electron chi connectivity index (χ0n) is 9.89. The van der Waals surface area contributed by atoms with E-state index in [4.69, 9.17) is 0 Å². The fraction of sp³-hybridized carbons (Fsp3) is 0.538. The summed E-state index contributed by atoms with van der Waals surface area (Å²) in [6, 6.07) is 2.96. The number of hydrogen-bond acceptors (Lipinski definition) is 3. The highest BCUT2D eigenvalue weighted by Crippen LogP contribution is 2.30. The molecule has 1 fully saturated rings. The summed E-state index contributed by atoms with van der Waals surface area (Å²) in [5.41, 5.74) is 1.73. The van der Waals surface area contributed by atoms with E-state index in [1.807, 2.05) is 6.07 Å². The monoisotopic (exact) mass is 218 g/mol. The first-order chi connectivity index (χ1) is 7.74. The lowest BCUT2D eigenvalue weighted by Crippen LogP contribution is -2.44. The van der Waals surface area contributed by atoms with Crippen LogP contribution in [0, 0.1) is 0 Å². The molecular formula is C13H18N2O. The molecule has 0 aliphatic carbocycles. The Hall–Kier alpha value is -1.38. The number of carbonyl (C=O) groups excluding carboxylic acids is 1. The van der Waals surface area contributed by atoms with Gasteiger partial charge in [-0.25, -0.2) is 0 Å². The predicted molar refractivity (Wildman–Crippen MR) is 64.9 cm³/mol. The summed E-state index contributed by atoms with van der Waals surface area (Å²) in [7, 11) is 0. The van der Waals surface area contributed by atoms with Crippen molar-refractivity contribution < 1.29 is 4.79 Å². The zero-order valence-corrected chi connectivity index (χ0v) is 9.89. The third-order valence-electron chi connectivity index (χ3n) is 3.43. The molecule has 2 unspecified atom stereocenters. The molecule has 86 valence electrons. The largest absolute Gasteiger partial charge is 0.365 e. The van der Waals surface area contributed by atoms with Crippen molar-refractivity contribution in [2.75, 3.05) is 4.90 Å². The number of aldehydes is 1. The summed E-state index contributed by atoms with van der Waals surface area (Å²) in [5, 5.41) is 0. The van der Waals surface area contributed by atoms with Gasteiger partial charge in [-0.05, 0) is 39.2 Å². The molecule has 0 spiro atoms. The van der Waals surface area contributed by atoms with E-state index in [1.54, 1.807) is 12.4 Å². The molecule has 0 aromatic carbocycles. The van der Waals surface area contributed by atoms with Gasteiger partial charge in [0.25, 0.3) is 0 Å². The highest BCUT2D eigenvalue weighted by Gasteiger charge is 2.26. The van der Waals surface area contributed by atoms with Crippen molar-refractivity contribution in [3.63, 3.8) is 0 Å². The number of aromatic nitrogens is 1. The van der Waals surface area contributed by atoms with Crippen molar-refractivity contribution in [3.8, 4) is 0 Å². The summed E-state index contributed by atoms with van der Waals surface area (Å²) >= 11 is 0. The molecule has 2 rings (SSSR count). The van der Waals surface area contributed by atoms with E-state index >= 15 is 0 Å². The molecule has 16 heavy (non-hydrogen) atoms. The summed E-state index contributed by atoms with van der Waals surface area (Å²) in [6.45, 7) is 4.45. The Morgan fingerprint density at radius 1 is 1.38 bits per heavy atom. The van der Waals surface area contributed by atoms with Gasteiger partial charge in [0.2, 0.25) is 0 Å². The van der Waals surface area contributed by atoms with Gasteiger partial charge in [-0.3, -0.25) is 9.78 Å². The van der Waals surface area contributed by atoms with E-state index in [9.17, 15) is 4.79 Å². The van der Waals surface area contributed by atoms with Gasteiger partial charge in [0.15, 0.2) is 6.29 Å². The molecule has 2 heterocycles. The lowest BCUT2D eigenvalue weighted by Gasteiger charge is -2.41. The maximum Gasteiger partial charge on any atom is 0.153 e. The Morgan fingerprint density at radius 2 is 2.06 bits per heavy atom. The van der Waals surface area contributed by atoms with Crippen molar-refractivity contribution in [3.05, 3.63) is 24.0 Å². The second-order valence-corrected chi connectivity index (χ2v) is 4.59. The molecule has 2 atom stereocenters. The number of hydrogen-bond donors (Lipinski definition) is 0. The molecule has 1 aromatic heterocycles. The quantitative estimate of drug-likeness (QED) is 0.715. The third kappa shape index (κ3) is 1.94. The number of anilines is 1. The number of nitrogens with zero attached hydrogens (tertiary/aromatic N) is 2. The van der Waals surface area contributed by atoms with Crippen LogP contribution in [0.15, 0.2) is 18.5 Å². The van der Waals surface area contributed by atoms with E-state index in [0.29, 0.717) is 17.6 Å². The van der Waals surface area contributed by atoms with E-state index in [-0.39, 0.29) is 0 Å². The molecule has 0 saturated carbocycles. The Balaban J connectivity index is 2.37. The molecule has 3 nitrogen and oxygen atoms in total. The smallest absolute Gasteiger partial charge is 0.153 e. The van der Waals surface area contributed by atoms with Crippen LogP contribution in [0.4, 0.5) is 5.69 Å². The molecule has 1 aliphatic heterocycles. The van der Waals surface area contributed by atoms with Crippen LogP contribution in [0.5, 0.6) is 0 Å². The van der Waals surface area contributed by atoms with Crippen molar-refractivity contribution in [2.45, 2.75) is 45.2 Å².